The van der Waals surface area contributed by atoms with E-state index in [0.717, 1.165) is 6.92 Å². The minimum Gasteiger partial charge on any atom is -0.434 e. The number of rotatable bonds is 6. The minimum absolute atomic E-state index is 0.237. The first-order chi connectivity index (χ1) is 12.0. The van der Waals surface area contributed by atoms with Crippen molar-refractivity contribution in [2.45, 2.75) is 39.5 Å². The molecule has 0 spiro atoms. The van der Waals surface area contributed by atoms with Crippen LogP contribution < -0.4 is 4.74 Å². The summed E-state index contributed by atoms with van der Waals surface area (Å²) in [6.07, 6.45) is -4.18. The van der Waals surface area contributed by atoms with E-state index in [2.05, 4.69) is 9.84 Å². The fraction of sp³-hybridized carbons (Fsp3) is 0.471. The van der Waals surface area contributed by atoms with Crippen LogP contribution in [0.1, 0.15) is 25.1 Å². The van der Waals surface area contributed by atoms with Gasteiger partial charge in [0, 0.05) is 12.6 Å². The van der Waals surface area contributed by atoms with Crippen molar-refractivity contribution in [3.63, 3.8) is 0 Å². The molecule has 9 heteroatoms. The smallest absolute Gasteiger partial charge is 0.391 e. The number of aryl methyl sites for hydroxylation is 2. The number of ether oxygens (including phenoxy) is 1. The third kappa shape index (κ3) is 4.47. The maximum absolute atomic E-state index is 12.8. The molecule has 1 aromatic heterocycles. The molecule has 0 radical (unpaired) electrons. The summed E-state index contributed by atoms with van der Waals surface area (Å²) in [7, 11) is 1.60. The van der Waals surface area contributed by atoms with Crippen molar-refractivity contribution in [2.24, 2.45) is 13.0 Å². The standard InChI is InChI=1S/C17H18ClF5N2O/c1-4-12-14(18)15(25(3)24-12)11-6-5-10(7-9(2)17(21,22)23)8-13(11)26-16(19)20/h5-6,8-9,16H,4,7H2,1-3H3/t9-/m1/s1. The molecule has 0 aliphatic heterocycles. The van der Waals surface area contributed by atoms with Crippen molar-refractivity contribution in [2.75, 3.05) is 0 Å². The fourth-order valence-corrected chi connectivity index (χ4v) is 3.02. The van der Waals surface area contributed by atoms with Gasteiger partial charge in [0.05, 0.1) is 22.3 Å². The lowest BCUT2D eigenvalue weighted by Crippen LogP contribution is -2.21. The monoisotopic (exact) mass is 396 g/mol. The summed E-state index contributed by atoms with van der Waals surface area (Å²) in [5, 5.41) is 4.52. The molecule has 0 unspecified atom stereocenters. The van der Waals surface area contributed by atoms with Crippen LogP contribution in [0.25, 0.3) is 11.3 Å². The number of alkyl halides is 5. The van der Waals surface area contributed by atoms with Gasteiger partial charge in [-0.3, -0.25) is 4.68 Å². The maximum atomic E-state index is 12.8. The highest BCUT2D eigenvalue weighted by atomic mass is 35.5. The van der Waals surface area contributed by atoms with E-state index in [4.69, 9.17) is 11.6 Å². The summed E-state index contributed by atoms with van der Waals surface area (Å²) in [5.74, 6) is -1.85. The summed E-state index contributed by atoms with van der Waals surface area (Å²) >= 11 is 6.28. The third-order valence-corrected chi connectivity index (χ3v) is 4.41. The minimum atomic E-state index is -4.37. The van der Waals surface area contributed by atoms with E-state index in [9.17, 15) is 22.0 Å². The predicted molar refractivity (Wildman–Crippen MR) is 88.6 cm³/mol. The number of aromatic nitrogens is 2. The van der Waals surface area contributed by atoms with Crippen molar-refractivity contribution in [1.82, 2.24) is 9.78 Å². The Morgan fingerprint density at radius 3 is 2.42 bits per heavy atom. The fourth-order valence-electron chi connectivity index (χ4n) is 2.62. The number of hydrogen-bond donors (Lipinski definition) is 0. The Hall–Kier alpha value is -1.83. The van der Waals surface area contributed by atoms with Gasteiger partial charge < -0.3 is 4.74 Å². The first-order valence-corrected chi connectivity index (χ1v) is 8.28. The van der Waals surface area contributed by atoms with E-state index in [-0.39, 0.29) is 23.3 Å². The Labute approximate surface area is 152 Å². The zero-order chi connectivity index (χ0) is 19.6. The SMILES string of the molecule is CCc1nn(C)c(-c2ccc(C[C@@H](C)C(F)(F)F)cc2OC(F)F)c1Cl. The Balaban J connectivity index is 2.49. The first kappa shape index (κ1) is 20.5. The molecule has 2 aromatic rings. The summed E-state index contributed by atoms with van der Waals surface area (Å²) in [5.41, 5.74) is 1.44. The van der Waals surface area contributed by atoms with Gasteiger partial charge in [-0.25, -0.2) is 0 Å². The molecule has 0 fully saturated rings. The molecular formula is C17H18ClF5N2O. The average molecular weight is 397 g/mol. The van der Waals surface area contributed by atoms with Crippen LogP contribution in [-0.2, 0) is 19.9 Å². The Morgan fingerprint density at radius 1 is 1.27 bits per heavy atom. The van der Waals surface area contributed by atoms with Crippen LogP contribution in [0.2, 0.25) is 5.02 Å². The molecule has 144 valence electrons. The Morgan fingerprint density at radius 2 is 1.92 bits per heavy atom. The molecule has 3 nitrogen and oxygen atoms in total. The molecule has 1 atom stereocenters. The van der Waals surface area contributed by atoms with E-state index in [1.165, 1.54) is 22.9 Å². The number of halogens is 6. The lowest BCUT2D eigenvalue weighted by molar-refractivity contribution is -0.169. The molecule has 1 heterocycles. The van der Waals surface area contributed by atoms with E-state index >= 15 is 0 Å². The number of nitrogens with zero attached hydrogens (tertiary/aromatic N) is 2. The molecule has 0 bridgehead atoms. The highest BCUT2D eigenvalue weighted by Gasteiger charge is 2.35. The first-order valence-electron chi connectivity index (χ1n) is 7.90. The third-order valence-electron chi connectivity index (χ3n) is 4.01. The van der Waals surface area contributed by atoms with Gasteiger partial charge in [0.25, 0.3) is 0 Å². The van der Waals surface area contributed by atoms with E-state index in [1.54, 1.807) is 7.05 Å². The highest BCUT2D eigenvalue weighted by Crippen LogP contribution is 2.39. The van der Waals surface area contributed by atoms with Gasteiger partial charge in [0.15, 0.2) is 0 Å². The molecule has 0 saturated heterocycles. The summed E-state index contributed by atoms with van der Waals surface area (Å²) < 4.78 is 69.9. The largest absolute Gasteiger partial charge is 0.434 e. The second-order valence-corrected chi connectivity index (χ2v) is 6.32. The predicted octanol–water partition coefficient (Wildman–Crippen LogP) is 5.65. The molecule has 0 aliphatic rings. The van der Waals surface area contributed by atoms with Crippen LogP contribution in [0.4, 0.5) is 22.0 Å². The van der Waals surface area contributed by atoms with Crippen molar-refractivity contribution < 1.29 is 26.7 Å². The van der Waals surface area contributed by atoms with Gasteiger partial charge in [-0.15, -0.1) is 0 Å². The number of hydrogen-bond acceptors (Lipinski definition) is 2. The van der Waals surface area contributed by atoms with E-state index in [1.807, 2.05) is 6.92 Å². The molecule has 0 saturated carbocycles. The zero-order valence-electron chi connectivity index (χ0n) is 14.4. The molecule has 0 N–H and O–H groups in total. The van der Waals surface area contributed by atoms with E-state index in [0.29, 0.717) is 22.8 Å². The summed E-state index contributed by atoms with van der Waals surface area (Å²) in [6.45, 7) is -0.245. The van der Waals surface area contributed by atoms with Gasteiger partial charge >= 0.3 is 12.8 Å². The van der Waals surface area contributed by atoms with Crippen LogP contribution in [0.5, 0.6) is 5.75 Å². The highest BCUT2D eigenvalue weighted by molar-refractivity contribution is 6.33. The van der Waals surface area contributed by atoms with Gasteiger partial charge in [0.1, 0.15) is 5.75 Å². The summed E-state index contributed by atoms with van der Waals surface area (Å²) in [6, 6.07) is 4.07. The quantitative estimate of drug-likeness (QED) is 0.590. The van der Waals surface area contributed by atoms with E-state index < -0.39 is 18.7 Å². The van der Waals surface area contributed by atoms with Crippen LogP contribution in [0.3, 0.4) is 0 Å². The molecule has 2 rings (SSSR count). The van der Waals surface area contributed by atoms with Crippen molar-refractivity contribution in [1.29, 1.82) is 0 Å². The van der Waals surface area contributed by atoms with Crippen molar-refractivity contribution >= 4 is 11.6 Å². The Bertz CT molecular complexity index is 773. The summed E-state index contributed by atoms with van der Waals surface area (Å²) in [4.78, 5) is 0. The molecule has 1 aromatic carbocycles. The van der Waals surface area contributed by atoms with Crippen LogP contribution in [-0.4, -0.2) is 22.6 Å². The second kappa shape index (κ2) is 7.82. The average Bonchev–Trinajstić information content (AvgIpc) is 2.80. The van der Waals surface area contributed by atoms with Crippen LogP contribution in [0, 0.1) is 5.92 Å². The Kier molecular flexibility index (Phi) is 6.16. The second-order valence-electron chi connectivity index (χ2n) is 5.94. The van der Waals surface area contributed by atoms with Crippen LogP contribution >= 0.6 is 11.6 Å². The van der Waals surface area contributed by atoms with Gasteiger partial charge in [-0.2, -0.15) is 27.1 Å². The molecule has 0 amide bonds. The molecule has 26 heavy (non-hydrogen) atoms. The topological polar surface area (TPSA) is 27.1 Å². The van der Waals surface area contributed by atoms with Gasteiger partial charge in [-0.1, -0.05) is 31.5 Å². The van der Waals surface area contributed by atoms with Crippen molar-refractivity contribution in [3.8, 4) is 17.0 Å². The van der Waals surface area contributed by atoms with Crippen LogP contribution in [0.15, 0.2) is 18.2 Å². The lowest BCUT2D eigenvalue weighted by Gasteiger charge is -2.17. The lowest BCUT2D eigenvalue weighted by atomic mass is 9.98. The number of benzene rings is 1. The normalized spacial score (nSPS) is 13.3. The molecular weight excluding hydrogens is 379 g/mol. The van der Waals surface area contributed by atoms with Gasteiger partial charge in [-0.05, 0) is 30.5 Å². The zero-order valence-corrected chi connectivity index (χ0v) is 15.1. The maximum Gasteiger partial charge on any atom is 0.391 e. The van der Waals surface area contributed by atoms with Crippen molar-refractivity contribution in [3.05, 3.63) is 34.5 Å². The van der Waals surface area contributed by atoms with Gasteiger partial charge in [0.2, 0.25) is 0 Å². The molecule has 0 aliphatic carbocycles.